The molecule has 2 aromatic rings. The number of benzene rings is 2. The first-order valence-corrected chi connectivity index (χ1v) is 9.41. The fourth-order valence-electron chi connectivity index (χ4n) is 2.55. The summed E-state index contributed by atoms with van der Waals surface area (Å²) >= 11 is 12.8. The van der Waals surface area contributed by atoms with Gasteiger partial charge in [-0.25, -0.2) is 0 Å². The maximum absolute atomic E-state index is 12.7. The molecule has 0 aromatic heterocycles. The molecule has 5 nitrogen and oxygen atoms in total. The highest BCUT2D eigenvalue weighted by Crippen LogP contribution is 2.36. The van der Waals surface area contributed by atoms with Crippen molar-refractivity contribution in [2.24, 2.45) is 0 Å². The van der Waals surface area contributed by atoms with Crippen molar-refractivity contribution in [3.8, 4) is 11.5 Å². The lowest BCUT2D eigenvalue weighted by atomic mass is 10.1. The molecule has 1 aliphatic rings. The molecule has 0 atom stereocenters. The van der Waals surface area contributed by atoms with Crippen molar-refractivity contribution in [1.82, 2.24) is 4.90 Å². The summed E-state index contributed by atoms with van der Waals surface area (Å²) in [7, 11) is 3.09. The van der Waals surface area contributed by atoms with Gasteiger partial charge in [-0.1, -0.05) is 29.3 Å². The summed E-state index contributed by atoms with van der Waals surface area (Å²) in [6.45, 7) is 0.119. The highest BCUT2D eigenvalue weighted by Gasteiger charge is 2.35. The Morgan fingerprint density at radius 2 is 1.81 bits per heavy atom. The van der Waals surface area contributed by atoms with Gasteiger partial charge in [-0.3, -0.25) is 14.5 Å². The average Bonchev–Trinajstić information content (AvgIpc) is 2.92. The lowest BCUT2D eigenvalue weighted by molar-refractivity contribution is -0.123. The molecule has 0 N–H and O–H groups in total. The summed E-state index contributed by atoms with van der Waals surface area (Å²) in [4.78, 5) is 26.5. The van der Waals surface area contributed by atoms with E-state index in [1.165, 1.54) is 12.0 Å². The predicted molar refractivity (Wildman–Crippen MR) is 108 cm³/mol. The number of carbonyl (C=O) groups excluding carboxylic acids is 2. The number of hydrogen-bond acceptors (Lipinski definition) is 5. The highest BCUT2D eigenvalue weighted by molar-refractivity contribution is 8.18. The van der Waals surface area contributed by atoms with Crippen molar-refractivity contribution in [3.63, 3.8) is 0 Å². The molecule has 1 saturated heterocycles. The van der Waals surface area contributed by atoms with E-state index in [1.807, 2.05) is 0 Å². The van der Waals surface area contributed by atoms with Gasteiger partial charge >= 0.3 is 0 Å². The number of thioether (sulfide) groups is 1. The minimum absolute atomic E-state index is 0.119. The Labute approximate surface area is 170 Å². The lowest BCUT2D eigenvalue weighted by Gasteiger charge is -2.13. The third kappa shape index (κ3) is 4.24. The van der Waals surface area contributed by atoms with Gasteiger partial charge in [0.25, 0.3) is 11.1 Å². The maximum atomic E-state index is 12.7. The van der Waals surface area contributed by atoms with Crippen LogP contribution in [0, 0.1) is 0 Å². The number of imide groups is 1. The molecule has 1 fully saturated rings. The number of nitrogens with zero attached hydrogens (tertiary/aromatic N) is 1. The zero-order valence-electron chi connectivity index (χ0n) is 14.5. The summed E-state index contributed by atoms with van der Waals surface area (Å²) in [6.07, 6.45) is 1.63. The number of methoxy groups -OCH3 is 2. The van der Waals surface area contributed by atoms with Crippen LogP contribution in [0.2, 0.25) is 10.0 Å². The summed E-state index contributed by atoms with van der Waals surface area (Å²) in [6, 6.07) is 10.2. The van der Waals surface area contributed by atoms with Crippen LogP contribution in [0.25, 0.3) is 6.08 Å². The molecule has 0 radical (unpaired) electrons. The molecule has 0 spiro atoms. The summed E-state index contributed by atoms with van der Waals surface area (Å²) in [5.74, 6) is 0.824. The molecule has 140 valence electrons. The van der Waals surface area contributed by atoms with Crippen molar-refractivity contribution < 1.29 is 19.1 Å². The van der Waals surface area contributed by atoms with E-state index in [0.717, 1.165) is 11.8 Å². The fourth-order valence-corrected chi connectivity index (χ4v) is 3.70. The molecular formula is C19H15Cl2NO4S. The van der Waals surface area contributed by atoms with Gasteiger partial charge in [-0.2, -0.15) is 0 Å². The van der Waals surface area contributed by atoms with Crippen molar-refractivity contribution in [3.05, 3.63) is 62.5 Å². The molecule has 2 amide bonds. The minimum Gasteiger partial charge on any atom is -0.497 e. The maximum Gasteiger partial charge on any atom is 0.293 e. The Hall–Kier alpha value is -2.15. The second kappa shape index (κ2) is 8.25. The van der Waals surface area contributed by atoms with Gasteiger partial charge in [0.05, 0.1) is 35.7 Å². The Balaban J connectivity index is 1.87. The number of hydrogen-bond donors (Lipinski definition) is 0. The van der Waals surface area contributed by atoms with Crippen LogP contribution in [0.5, 0.6) is 11.5 Å². The van der Waals surface area contributed by atoms with E-state index in [2.05, 4.69) is 0 Å². The molecule has 27 heavy (non-hydrogen) atoms. The number of halogens is 2. The van der Waals surface area contributed by atoms with Gasteiger partial charge in [0, 0.05) is 5.56 Å². The molecule has 0 bridgehead atoms. The third-order valence-electron chi connectivity index (χ3n) is 3.92. The molecule has 8 heteroatoms. The standard InChI is InChI=1S/C19H15Cl2NO4S/c1-25-13-4-6-16(26-2)12(8-13)9-17-18(23)22(19(24)27-17)10-11-3-5-14(20)15(21)7-11/h3-9H,10H2,1-2H3/b17-9-. The average molecular weight is 424 g/mol. The largest absolute Gasteiger partial charge is 0.497 e. The van der Waals surface area contributed by atoms with Gasteiger partial charge in [0.15, 0.2) is 0 Å². The molecule has 0 saturated carbocycles. The van der Waals surface area contributed by atoms with E-state index in [9.17, 15) is 9.59 Å². The van der Waals surface area contributed by atoms with E-state index in [-0.39, 0.29) is 17.7 Å². The van der Waals surface area contributed by atoms with Gasteiger partial charge < -0.3 is 9.47 Å². The van der Waals surface area contributed by atoms with E-state index in [4.69, 9.17) is 32.7 Å². The normalized spacial score (nSPS) is 15.6. The van der Waals surface area contributed by atoms with Crippen LogP contribution in [0.4, 0.5) is 4.79 Å². The van der Waals surface area contributed by atoms with E-state index < -0.39 is 0 Å². The fraction of sp³-hybridized carbons (Fsp3) is 0.158. The molecule has 1 heterocycles. The van der Waals surface area contributed by atoms with Crippen molar-refractivity contribution in [2.75, 3.05) is 14.2 Å². The zero-order valence-corrected chi connectivity index (χ0v) is 16.8. The third-order valence-corrected chi connectivity index (χ3v) is 5.57. The topological polar surface area (TPSA) is 55.8 Å². The Kier molecular flexibility index (Phi) is 5.99. The first-order chi connectivity index (χ1) is 12.9. The lowest BCUT2D eigenvalue weighted by Crippen LogP contribution is -2.27. The van der Waals surface area contributed by atoms with Crippen LogP contribution in [-0.2, 0) is 11.3 Å². The Morgan fingerprint density at radius 3 is 2.48 bits per heavy atom. The molecule has 0 aliphatic carbocycles. The van der Waals surface area contributed by atoms with E-state index in [0.29, 0.717) is 37.6 Å². The molecular weight excluding hydrogens is 409 g/mol. The van der Waals surface area contributed by atoms with E-state index >= 15 is 0 Å². The number of ether oxygens (including phenoxy) is 2. The van der Waals surface area contributed by atoms with Crippen LogP contribution in [-0.4, -0.2) is 30.3 Å². The van der Waals surface area contributed by atoms with Crippen molar-refractivity contribution in [1.29, 1.82) is 0 Å². The van der Waals surface area contributed by atoms with Gasteiger partial charge in [0.1, 0.15) is 11.5 Å². The summed E-state index contributed by atoms with van der Waals surface area (Å²) in [5, 5.41) is 0.441. The van der Waals surface area contributed by atoms with Gasteiger partial charge in [-0.15, -0.1) is 0 Å². The van der Waals surface area contributed by atoms with Crippen molar-refractivity contribution in [2.45, 2.75) is 6.54 Å². The first kappa shape index (κ1) is 19.6. The molecule has 3 rings (SSSR count). The van der Waals surface area contributed by atoms with Crippen LogP contribution >= 0.6 is 35.0 Å². The van der Waals surface area contributed by atoms with Gasteiger partial charge in [0.2, 0.25) is 0 Å². The Bertz CT molecular complexity index is 945. The number of rotatable bonds is 5. The minimum atomic E-state index is -0.374. The molecule has 2 aromatic carbocycles. The van der Waals surface area contributed by atoms with Crippen LogP contribution in [0.1, 0.15) is 11.1 Å². The van der Waals surface area contributed by atoms with Crippen molar-refractivity contribution >= 4 is 52.2 Å². The second-order valence-electron chi connectivity index (χ2n) is 5.62. The summed E-state index contributed by atoms with van der Waals surface area (Å²) in [5.41, 5.74) is 1.36. The SMILES string of the molecule is COc1ccc(OC)c(/C=C2\SC(=O)N(Cc3ccc(Cl)c(Cl)c3)C2=O)c1. The monoisotopic (exact) mass is 423 g/mol. The Morgan fingerprint density at radius 1 is 1.04 bits per heavy atom. The van der Waals surface area contributed by atoms with Gasteiger partial charge in [-0.05, 0) is 53.7 Å². The second-order valence-corrected chi connectivity index (χ2v) is 7.43. The zero-order chi connectivity index (χ0) is 19.6. The quantitative estimate of drug-likeness (QED) is 0.614. The smallest absolute Gasteiger partial charge is 0.293 e. The molecule has 1 aliphatic heterocycles. The van der Waals surface area contributed by atoms with E-state index in [1.54, 1.807) is 49.6 Å². The predicted octanol–water partition coefficient (Wildman–Crippen LogP) is 5.25. The van der Waals surface area contributed by atoms with Crippen LogP contribution in [0.3, 0.4) is 0 Å². The highest BCUT2D eigenvalue weighted by atomic mass is 35.5. The summed E-state index contributed by atoms with van der Waals surface area (Å²) < 4.78 is 10.5. The number of amides is 2. The van der Waals surface area contributed by atoms with Crippen LogP contribution < -0.4 is 9.47 Å². The number of carbonyl (C=O) groups is 2. The molecule has 0 unspecified atom stereocenters. The first-order valence-electron chi connectivity index (χ1n) is 7.84. The van der Waals surface area contributed by atoms with Crippen LogP contribution in [0.15, 0.2) is 41.3 Å².